The fourth-order valence-corrected chi connectivity index (χ4v) is 3.10. The average Bonchev–Trinajstić information content (AvgIpc) is 2.85. The van der Waals surface area contributed by atoms with Crippen molar-refractivity contribution in [2.24, 2.45) is 11.1 Å². The molecule has 0 aromatic carbocycles. The zero-order chi connectivity index (χ0) is 14.6. The molecular formula is C16H26N2O2. The lowest BCUT2D eigenvalue weighted by atomic mass is 9.71. The number of furan rings is 1. The van der Waals surface area contributed by atoms with Gasteiger partial charge in [0.05, 0.1) is 6.54 Å². The number of carbonyl (C=O) groups excluding carboxylic acids is 1. The van der Waals surface area contributed by atoms with Gasteiger partial charge in [-0.15, -0.1) is 0 Å². The highest BCUT2D eigenvalue weighted by molar-refractivity contribution is 5.76. The Labute approximate surface area is 121 Å². The molecule has 1 heterocycles. The number of nitrogens with zero attached hydrogens (tertiary/aromatic N) is 1. The first-order valence-electron chi connectivity index (χ1n) is 7.54. The maximum Gasteiger partial charge on any atom is 0.223 e. The molecule has 1 amide bonds. The number of nitrogens with two attached hydrogens (primary N) is 1. The Morgan fingerprint density at radius 3 is 2.60 bits per heavy atom. The highest BCUT2D eigenvalue weighted by Crippen LogP contribution is 2.38. The minimum atomic E-state index is 0.0304. The third-order valence-electron chi connectivity index (χ3n) is 4.49. The second-order valence-electron chi connectivity index (χ2n) is 6.20. The molecule has 0 spiro atoms. The second kappa shape index (κ2) is 6.44. The van der Waals surface area contributed by atoms with Gasteiger partial charge >= 0.3 is 0 Å². The molecule has 0 bridgehead atoms. The Kier molecular flexibility index (Phi) is 4.86. The zero-order valence-electron chi connectivity index (χ0n) is 12.7. The molecule has 1 aliphatic carbocycles. The van der Waals surface area contributed by atoms with Gasteiger partial charge in [-0.3, -0.25) is 4.79 Å². The highest BCUT2D eigenvalue weighted by Gasteiger charge is 2.33. The molecule has 20 heavy (non-hydrogen) atoms. The van der Waals surface area contributed by atoms with Crippen molar-refractivity contribution >= 4 is 5.91 Å². The fourth-order valence-electron chi connectivity index (χ4n) is 3.10. The van der Waals surface area contributed by atoms with Crippen molar-refractivity contribution in [2.45, 2.75) is 52.0 Å². The average molecular weight is 278 g/mol. The third kappa shape index (κ3) is 3.63. The van der Waals surface area contributed by atoms with E-state index in [-0.39, 0.29) is 11.3 Å². The molecule has 0 saturated heterocycles. The Morgan fingerprint density at radius 2 is 2.05 bits per heavy atom. The van der Waals surface area contributed by atoms with Crippen LogP contribution in [0.1, 0.15) is 50.0 Å². The number of hydrogen-bond acceptors (Lipinski definition) is 3. The quantitative estimate of drug-likeness (QED) is 0.901. The molecule has 4 heteroatoms. The van der Waals surface area contributed by atoms with Crippen LogP contribution in [-0.2, 0) is 11.3 Å². The van der Waals surface area contributed by atoms with E-state index >= 15 is 0 Å². The molecule has 2 rings (SSSR count). The molecule has 1 aliphatic rings. The monoisotopic (exact) mass is 278 g/mol. The van der Waals surface area contributed by atoms with Crippen LogP contribution in [0.25, 0.3) is 0 Å². The molecule has 0 atom stereocenters. The van der Waals surface area contributed by atoms with Gasteiger partial charge in [-0.2, -0.15) is 0 Å². The predicted octanol–water partition coefficient (Wildman–Crippen LogP) is 2.85. The van der Waals surface area contributed by atoms with Crippen LogP contribution in [0.5, 0.6) is 0 Å². The van der Waals surface area contributed by atoms with Gasteiger partial charge in [0.25, 0.3) is 0 Å². The molecule has 2 N–H and O–H groups in total. The van der Waals surface area contributed by atoms with Crippen molar-refractivity contribution in [3.8, 4) is 0 Å². The minimum Gasteiger partial charge on any atom is -0.464 e. The van der Waals surface area contributed by atoms with Gasteiger partial charge in [0.15, 0.2) is 0 Å². The molecule has 0 aliphatic heterocycles. The summed E-state index contributed by atoms with van der Waals surface area (Å²) in [6, 6.07) is 3.86. The Morgan fingerprint density at radius 1 is 1.35 bits per heavy atom. The van der Waals surface area contributed by atoms with Gasteiger partial charge in [-0.25, -0.2) is 0 Å². The van der Waals surface area contributed by atoms with Crippen molar-refractivity contribution in [2.75, 3.05) is 13.6 Å². The summed E-state index contributed by atoms with van der Waals surface area (Å²) in [4.78, 5) is 14.2. The fraction of sp³-hybridized carbons (Fsp3) is 0.688. The van der Waals surface area contributed by atoms with E-state index in [9.17, 15) is 4.79 Å². The summed E-state index contributed by atoms with van der Waals surface area (Å²) >= 11 is 0. The van der Waals surface area contributed by atoms with Gasteiger partial charge in [0.1, 0.15) is 11.5 Å². The Balaban J connectivity index is 1.92. The summed E-state index contributed by atoms with van der Waals surface area (Å²) in [7, 11) is 1.84. The number of rotatable bonds is 5. The lowest BCUT2D eigenvalue weighted by Gasteiger charge is -2.36. The molecular weight excluding hydrogens is 252 g/mol. The predicted molar refractivity (Wildman–Crippen MR) is 79.1 cm³/mol. The van der Waals surface area contributed by atoms with E-state index < -0.39 is 0 Å². The van der Waals surface area contributed by atoms with Crippen LogP contribution >= 0.6 is 0 Å². The van der Waals surface area contributed by atoms with Crippen molar-refractivity contribution in [3.63, 3.8) is 0 Å². The SMILES string of the molecule is Cc1ccc(CN(C)C(=O)CC2(CN)CCCCC2)o1. The van der Waals surface area contributed by atoms with Gasteiger partial charge in [0.2, 0.25) is 5.91 Å². The van der Waals surface area contributed by atoms with E-state index in [1.54, 1.807) is 4.90 Å². The Hall–Kier alpha value is -1.29. The molecule has 0 radical (unpaired) electrons. The van der Waals surface area contributed by atoms with E-state index in [0.717, 1.165) is 24.4 Å². The van der Waals surface area contributed by atoms with E-state index in [4.69, 9.17) is 10.2 Å². The highest BCUT2D eigenvalue weighted by atomic mass is 16.3. The van der Waals surface area contributed by atoms with Crippen LogP contribution in [-0.4, -0.2) is 24.4 Å². The van der Waals surface area contributed by atoms with Crippen LogP contribution < -0.4 is 5.73 Å². The maximum absolute atomic E-state index is 12.4. The molecule has 112 valence electrons. The van der Waals surface area contributed by atoms with Gasteiger partial charge in [-0.1, -0.05) is 19.3 Å². The first-order valence-corrected chi connectivity index (χ1v) is 7.54. The van der Waals surface area contributed by atoms with E-state index in [1.165, 1.54) is 19.3 Å². The van der Waals surface area contributed by atoms with Crippen molar-refractivity contribution < 1.29 is 9.21 Å². The van der Waals surface area contributed by atoms with Gasteiger partial charge < -0.3 is 15.1 Å². The molecule has 1 saturated carbocycles. The minimum absolute atomic E-state index is 0.0304. The standard InChI is InChI=1S/C16H26N2O2/c1-13-6-7-14(20-13)11-18(2)15(19)10-16(12-17)8-4-3-5-9-16/h6-7H,3-5,8-12,17H2,1-2H3. The van der Waals surface area contributed by atoms with Gasteiger partial charge in [-0.05, 0) is 43.9 Å². The summed E-state index contributed by atoms with van der Waals surface area (Å²) in [5, 5.41) is 0. The molecule has 1 aromatic rings. The number of aryl methyl sites for hydroxylation is 1. The van der Waals surface area contributed by atoms with Crippen LogP contribution in [0.4, 0.5) is 0 Å². The van der Waals surface area contributed by atoms with E-state index in [2.05, 4.69) is 0 Å². The second-order valence-corrected chi connectivity index (χ2v) is 6.20. The van der Waals surface area contributed by atoms with Crippen molar-refractivity contribution in [1.82, 2.24) is 4.90 Å². The third-order valence-corrected chi connectivity index (χ3v) is 4.49. The Bertz CT molecular complexity index is 447. The molecule has 1 fully saturated rings. The van der Waals surface area contributed by atoms with Crippen LogP contribution in [0.15, 0.2) is 16.5 Å². The summed E-state index contributed by atoms with van der Waals surface area (Å²) in [6.07, 6.45) is 6.42. The lowest BCUT2D eigenvalue weighted by molar-refractivity contribution is -0.133. The van der Waals surface area contributed by atoms with Crippen molar-refractivity contribution in [1.29, 1.82) is 0 Å². The lowest BCUT2D eigenvalue weighted by Crippen LogP contribution is -2.39. The maximum atomic E-state index is 12.4. The summed E-state index contributed by atoms with van der Waals surface area (Å²) in [6.45, 7) is 3.07. The summed E-state index contributed by atoms with van der Waals surface area (Å²) in [5.41, 5.74) is 5.98. The molecule has 4 nitrogen and oxygen atoms in total. The number of hydrogen-bond donors (Lipinski definition) is 1. The first-order chi connectivity index (χ1) is 9.54. The van der Waals surface area contributed by atoms with Crippen molar-refractivity contribution in [3.05, 3.63) is 23.7 Å². The normalized spacial score (nSPS) is 17.9. The first kappa shape index (κ1) is 15.1. The van der Waals surface area contributed by atoms with E-state index in [1.807, 2.05) is 26.1 Å². The van der Waals surface area contributed by atoms with Crippen LogP contribution in [0.3, 0.4) is 0 Å². The largest absolute Gasteiger partial charge is 0.464 e. The van der Waals surface area contributed by atoms with Crippen LogP contribution in [0, 0.1) is 12.3 Å². The summed E-state index contributed by atoms with van der Waals surface area (Å²) < 4.78 is 5.53. The summed E-state index contributed by atoms with van der Waals surface area (Å²) in [5.74, 6) is 1.89. The smallest absolute Gasteiger partial charge is 0.223 e. The molecule has 1 aromatic heterocycles. The van der Waals surface area contributed by atoms with Gasteiger partial charge in [0, 0.05) is 13.5 Å². The van der Waals surface area contributed by atoms with E-state index in [0.29, 0.717) is 19.5 Å². The number of carbonyl (C=O) groups is 1. The topological polar surface area (TPSA) is 59.5 Å². The molecule has 0 unspecified atom stereocenters. The number of amides is 1. The zero-order valence-corrected chi connectivity index (χ0v) is 12.7. The van der Waals surface area contributed by atoms with Crippen LogP contribution in [0.2, 0.25) is 0 Å².